The number of ether oxygens (including phenoxy) is 1. The molecule has 3 heterocycles. The summed E-state index contributed by atoms with van der Waals surface area (Å²) in [4.78, 5) is 46.0. The summed E-state index contributed by atoms with van der Waals surface area (Å²) >= 11 is 8.16. The predicted octanol–water partition coefficient (Wildman–Crippen LogP) is 8.96. The third-order valence-corrected chi connectivity index (χ3v) is 13.0. The lowest BCUT2D eigenvalue weighted by Gasteiger charge is -2.32. The van der Waals surface area contributed by atoms with Gasteiger partial charge in [-0.2, -0.15) is 0 Å². The Kier molecular flexibility index (Phi) is 14.1. The van der Waals surface area contributed by atoms with Crippen LogP contribution in [0.3, 0.4) is 0 Å². The third kappa shape index (κ3) is 10.9. The molecule has 0 radical (unpaired) electrons. The fraction of sp³-hybridized carbons (Fsp3) is 0.235. The highest BCUT2D eigenvalue weighted by Gasteiger charge is 2.27. The van der Waals surface area contributed by atoms with E-state index in [-0.39, 0.29) is 35.2 Å². The fourth-order valence-corrected chi connectivity index (χ4v) is 9.41. The second kappa shape index (κ2) is 20.4. The van der Waals surface area contributed by atoms with Crippen LogP contribution in [0.25, 0.3) is 21.3 Å². The van der Waals surface area contributed by atoms with Crippen LogP contribution in [-0.4, -0.2) is 58.2 Å². The summed E-state index contributed by atoms with van der Waals surface area (Å²) in [6.07, 6.45) is 1.07. The highest BCUT2D eigenvalue weighted by atomic mass is 35.5. The molecule has 2 aromatic heterocycles. The summed E-state index contributed by atoms with van der Waals surface area (Å²) in [6, 6.07) is 43.6. The van der Waals surface area contributed by atoms with Crippen LogP contribution in [0.15, 0.2) is 144 Å². The lowest BCUT2D eigenvalue weighted by Crippen LogP contribution is -2.35. The zero-order valence-corrected chi connectivity index (χ0v) is 36.2. The molecular formula is C51H49ClN4O6S. The van der Waals surface area contributed by atoms with Gasteiger partial charge in [-0.25, -0.2) is 0 Å². The van der Waals surface area contributed by atoms with Crippen molar-refractivity contribution in [1.82, 2.24) is 20.5 Å². The van der Waals surface area contributed by atoms with Gasteiger partial charge in [-0.15, -0.1) is 11.3 Å². The second-order valence-electron chi connectivity index (χ2n) is 16.0. The number of phenolic OH excluding ortho intramolecular Hbond substituents is 1. The first-order valence-corrected chi connectivity index (χ1v) is 22.3. The summed E-state index contributed by atoms with van der Waals surface area (Å²) in [5.74, 6) is -0.859. The highest BCUT2D eigenvalue weighted by molar-refractivity contribution is 7.15. The van der Waals surface area contributed by atoms with Gasteiger partial charge in [0.15, 0.2) is 0 Å². The number of aromatic amines is 1. The number of amides is 1. The maximum Gasteiger partial charge on any atom is 0.317 e. The van der Waals surface area contributed by atoms with Crippen molar-refractivity contribution in [3.05, 3.63) is 193 Å². The van der Waals surface area contributed by atoms with Gasteiger partial charge in [0.1, 0.15) is 11.7 Å². The monoisotopic (exact) mass is 880 g/mol. The summed E-state index contributed by atoms with van der Waals surface area (Å²) in [5, 5.41) is 28.1. The molecule has 0 bridgehead atoms. The number of thiophene rings is 1. The second-order valence-corrected chi connectivity index (χ2v) is 17.6. The van der Waals surface area contributed by atoms with E-state index in [1.807, 2.05) is 72.8 Å². The molecule has 2 unspecified atom stereocenters. The molecule has 1 saturated heterocycles. The minimum atomic E-state index is -0.911. The molecule has 0 spiro atoms. The Morgan fingerprint density at radius 3 is 2.37 bits per heavy atom. The minimum Gasteiger partial charge on any atom is -0.506 e. The number of phenols is 1. The maximum absolute atomic E-state index is 13.9. The standard InChI is InChI=1S/C51H49ClN4O6S/c52-43-26-35(28-53-30-45(58)40-17-19-44(57)49-41(40)18-21-47(59)55-49)14-16-42(43)50(60)54-29-39-15-20-46(63-39)37-12-7-13-38(27-37)48(36-10-5-2-6-11-36)51(61)62-32-34-22-24-56(25-23-34)31-33-8-3-1-4-9-33/h1-21,26-27,34,45,48,53,57-58H,22-25,28-32H2,(H,54,60)(H,55,59). The number of carbonyl (C=O) groups excluding carboxylic acids is 2. The van der Waals surface area contributed by atoms with E-state index in [2.05, 4.69) is 50.8 Å². The molecule has 7 aromatic rings. The molecule has 8 rings (SSSR count). The zero-order valence-electron chi connectivity index (χ0n) is 34.6. The number of aliphatic hydroxyl groups excluding tert-OH is 1. The van der Waals surface area contributed by atoms with Crippen LogP contribution in [0, 0.1) is 5.92 Å². The Labute approximate surface area is 375 Å². The first-order chi connectivity index (χ1) is 30.7. The molecule has 12 heteroatoms. The Balaban J connectivity index is 0.846. The molecule has 322 valence electrons. The van der Waals surface area contributed by atoms with Crippen LogP contribution in [0.1, 0.15) is 67.9 Å². The van der Waals surface area contributed by atoms with Gasteiger partial charge in [0.2, 0.25) is 5.56 Å². The number of H-pyrrole nitrogens is 1. The van der Waals surface area contributed by atoms with Crippen LogP contribution in [0.2, 0.25) is 5.02 Å². The Bertz CT molecular complexity index is 2730. The largest absolute Gasteiger partial charge is 0.506 e. The molecule has 1 amide bonds. The van der Waals surface area contributed by atoms with Crippen molar-refractivity contribution in [3.8, 4) is 16.2 Å². The number of nitrogens with one attached hydrogen (secondary N) is 3. The molecule has 63 heavy (non-hydrogen) atoms. The van der Waals surface area contributed by atoms with Crippen LogP contribution < -0.4 is 16.2 Å². The van der Waals surface area contributed by atoms with Crippen molar-refractivity contribution >= 4 is 45.7 Å². The van der Waals surface area contributed by atoms with Crippen molar-refractivity contribution in [1.29, 1.82) is 0 Å². The molecule has 2 atom stereocenters. The minimum absolute atomic E-state index is 0.0715. The smallest absolute Gasteiger partial charge is 0.317 e. The number of likely N-dealkylation sites (tertiary alicyclic amines) is 1. The average Bonchev–Trinajstić information content (AvgIpc) is 3.78. The predicted molar refractivity (Wildman–Crippen MR) is 249 cm³/mol. The molecule has 1 aliphatic heterocycles. The number of fused-ring (bicyclic) bond motifs is 1. The molecule has 10 nitrogen and oxygen atoms in total. The van der Waals surface area contributed by atoms with Gasteiger partial charge in [0, 0.05) is 40.8 Å². The number of rotatable bonds is 16. The van der Waals surface area contributed by atoms with Gasteiger partial charge in [0.25, 0.3) is 5.91 Å². The van der Waals surface area contributed by atoms with Crippen LogP contribution in [0.4, 0.5) is 0 Å². The SMILES string of the molecule is O=C(NCc1ccc(-c2cccc(C(C(=O)OCC3CCN(Cc4ccccc4)CC3)c3ccccc3)c2)s1)c1ccc(CNCC(O)c2ccc(O)c3[nH]c(=O)ccc23)cc1Cl. The van der Waals surface area contributed by atoms with E-state index in [0.717, 1.165) is 64.5 Å². The number of aliphatic hydroxyl groups is 1. The number of aromatic hydroxyl groups is 1. The van der Waals surface area contributed by atoms with E-state index in [1.54, 1.807) is 35.6 Å². The molecule has 5 aromatic carbocycles. The van der Waals surface area contributed by atoms with Crippen molar-refractivity contribution < 1.29 is 24.5 Å². The summed E-state index contributed by atoms with van der Waals surface area (Å²) in [7, 11) is 0. The molecule has 1 aliphatic rings. The number of benzene rings is 5. The van der Waals surface area contributed by atoms with Crippen LogP contribution in [-0.2, 0) is 29.2 Å². The Morgan fingerprint density at radius 1 is 0.825 bits per heavy atom. The number of hydrogen-bond acceptors (Lipinski definition) is 9. The van der Waals surface area contributed by atoms with Gasteiger partial charge >= 0.3 is 5.97 Å². The van der Waals surface area contributed by atoms with E-state index >= 15 is 0 Å². The first-order valence-electron chi connectivity index (χ1n) is 21.2. The van der Waals surface area contributed by atoms with E-state index in [9.17, 15) is 24.6 Å². The van der Waals surface area contributed by atoms with Gasteiger partial charge in [0.05, 0.1) is 35.4 Å². The van der Waals surface area contributed by atoms with Gasteiger partial charge in [-0.3, -0.25) is 19.3 Å². The Morgan fingerprint density at radius 2 is 1.59 bits per heavy atom. The zero-order chi connectivity index (χ0) is 43.7. The number of piperidine rings is 1. The lowest BCUT2D eigenvalue weighted by molar-refractivity contribution is -0.146. The Hall–Kier alpha value is -6.08. The van der Waals surface area contributed by atoms with E-state index in [0.29, 0.717) is 47.2 Å². The number of pyridine rings is 1. The number of aromatic nitrogens is 1. The van der Waals surface area contributed by atoms with Crippen molar-refractivity contribution in [2.24, 2.45) is 5.92 Å². The summed E-state index contributed by atoms with van der Waals surface area (Å²) in [5.41, 5.74) is 5.70. The van der Waals surface area contributed by atoms with Crippen molar-refractivity contribution in [2.45, 2.75) is 44.5 Å². The fourth-order valence-electron chi connectivity index (χ4n) is 8.17. The molecule has 5 N–H and O–H groups in total. The maximum atomic E-state index is 13.9. The summed E-state index contributed by atoms with van der Waals surface area (Å²) < 4.78 is 6.09. The molecule has 0 aliphatic carbocycles. The lowest BCUT2D eigenvalue weighted by atomic mass is 9.90. The van der Waals surface area contributed by atoms with Crippen LogP contribution >= 0.6 is 22.9 Å². The number of esters is 1. The molecule has 1 fully saturated rings. The molecular weight excluding hydrogens is 832 g/mol. The average molecular weight is 881 g/mol. The topological polar surface area (TPSA) is 144 Å². The highest BCUT2D eigenvalue weighted by Crippen LogP contribution is 2.34. The quantitative estimate of drug-likeness (QED) is 0.0606. The van der Waals surface area contributed by atoms with Crippen LogP contribution in [0.5, 0.6) is 5.75 Å². The normalized spacial score (nSPS) is 14.3. The van der Waals surface area contributed by atoms with Crippen molar-refractivity contribution in [3.63, 3.8) is 0 Å². The number of halogens is 1. The van der Waals surface area contributed by atoms with E-state index in [1.165, 1.54) is 17.7 Å². The van der Waals surface area contributed by atoms with Gasteiger partial charge < -0.3 is 30.6 Å². The molecule has 0 saturated carbocycles. The summed E-state index contributed by atoms with van der Waals surface area (Å²) in [6.45, 7) is 4.20. The number of carbonyl (C=O) groups is 2. The van der Waals surface area contributed by atoms with Gasteiger partial charge in [-0.05, 0) is 108 Å². The van der Waals surface area contributed by atoms with E-state index in [4.69, 9.17) is 16.3 Å². The third-order valence-electron chi connectivity index (χ3n) is 11.6. The number of nitrogens with zero attached hydrogens (tertiary/aromatic N) is 1. The van der Waals surface area contributed by atoms with E-state index < -0.39 is 12.0 Å². The van der Waals surface area contributed by atoms with Gasteiger partial charge in [-0.1, -0.05) is 103 Å². The first kappa shape index (κ1) is 43.6. The van der Waals surface area contributed by atoms with Crippen molar-refractivity contribution in [2.75, 3.05) is 26.2 Å². The number of hydrogen-bond donors (Lipinski definition) is 5.